The normalized spacial score (nSPS) is 17.6. The molecule has 0 amide bonds. The average Bonchev–Trinajstić information content (AvgIpc) is 3.07. The van der Waals surface area contributed by atoms with Gasteiger partial charge >= 0.3 is 0 Å². The van der Waals surface area contributed by atoms with Gasteiger partial charge in [-0.3, -0.25) is 0 Å². The largest absolute Gasteiger partial charge is 0.496 e. The molecule has 0 spiro atoms. The molecule has 0 fully saturated rings. The van der Waals surface area contributed by atoms with Gasteiger partial charge in [0.15, 0.2) is 0 Å². The van der Waals surface area contributed by atoms with Crippen molar-refractivity contribution in [3.8, 4) is 5.75 Å². The van der Waals surface area contributed by atoms with Crippen molar-refractivity contribution in [2.75, 3.05) is 44.3 Å². The molecule has 1 aromatic rings. The molecule has 2 aliphatic rings. The Morgan fingerprint density at radius 3 is 1.75 bits per heavy atom. The van der Waals surface area contributed by atoms with Gasteiger partial charge in [-0.25, -0.2) is 4.98 Å². The van der Waals surface area contributed by atoms with E-state index in [1.807, 2.05) is 51.0 Å². The number of hydrogen-bond acceptors (Lipinski definition) is 6. The highest BCUT2D eigenvalue weighted by molar-refractivity contribution is 5.57. The van der Waals surface area contributed by atoms with E-state index in [9.17, 15) is 0 Å². The fraction of sp³-hybridized carbons (Fsp3) is 0.357. The summed E-state index contributed by atoms with van der Waals surface area (Å²) in [7, 11) is 5.76. The molecule has 0 saturated carbocycles. The first kappa shape index (κ1) is 12.7. The van der Waals surface area contributed by atoms with E-state index in [0.717, 1.165) is 30.7 Å². The van der Waals surface area contributed by atoms with Gasteiger partial charge < -0.3 is 24.3 Å². The summed E-state index contributed by atoms with van der Waals surface area (Å²) in [6.45, 7) is 1.60. The molecule has 0 saturated heterocycles. The summed E-state index contributed by atoms with van der Waals surface area (Å²) in [5, 5.41) is 0. The van der Waals surface area contributed by atoms with Crippen LogP contribution in [0.4, 0.5) is 11.6 Å². The first-order valence-electron chi connectivity index (χ1n) is 6.52. The van der Waals surface area contributed by atoms with Crippen LogP contribution in [0.15, 0.2) is 36.9 Å². The zero-order valence-electron chi connectivity index (χ0n) is 12.0. The summed E-state index contributed by atoms with van der Waals surface area (Å²) in [6.07, 6.45) is 8.11. The quantitative estimate of drug-likeness (QED) is 0.829. The van der Waals surface area contributed by atoms with Gasteiger partial charge in [-0.05, 0) is 0 Å². The average molecular weight is 273 g/mol. The maximum absolute atomic E-state index is 5.40. The fourth-order valence-electron chi connectivity index (χ4n) is 2.25. The van der Waals surface area contributed by atoms with Gasteiger partial charge in [-0.1, -0.05) is 0 Å². The van der Waals surface area contributed by atoms with Crippen LogP contribution in [0.3, 0.4) is 0 Å². The summed E-state index contributed by atoms with van der Waals surface area (Å²) in [5.74, 6) is 2.60. The Morgan fingerprint density at radius 2 is 1.40 bits per heavy atom. The van der Waals surface area contributed by atoms with Gasteiger partial charge in [0, 0.05) is 51.0 Å². The van der Waals surface area contributed by atoms with Crippen molar-refractivity contribution in [3.63, 3.8) is 0 Å². The van der Waals surface area contributed by atoms with Crippen LogP contribution >= 0.6 is 0 Å². The van der Waals surface area contributed by atoms with E-state index in [4.69, 9.17) is 9.72 Å². The standard InChI is InChI=1S/C14H19N5O/c1-16-4-6-18(10-16)13-8-12(20-3)9-14(15-13)19-7-5-17(2)11-19/h4-9H,10-11H2,1-3H3. The van der Waals surface area contributed by atoms with Crippen LogP contribution in [-0.4, -0.2) is 49.3 Å². The van der Waals surface area contributed by atoms with Gasteiger partial charge in [0.1, 0.15) is 17.4 Å². The number of pyridine rings is 1. The second-order valence-corrected chi connectivity index (χ2v) is 5.06. The Morgan fingerprint density at radius 1 is 0.900 bits per heavy atom. The minimum Gasteiger partial charge on any atom is -0.496 e. The first-order valence-corrected chi connectivity index (χ1v) is 6.52. The summed E-state index contributed by atoms with van der Waals surface area (Å²) >= 11 is 0. The lowest BCUT2D eigenvalue weighted by Gasteiger charge is -2.22. The third kappa shape index (κ3) is 2.36. The molecule has 3 heterocycles. The summed E-state index contributed by atoms with van der Waals surface area (Å²) < 4.78 is 5.40. The Bertz CT molecular complexity index is 512. The number of rotatable bonds is 3. The predicted octanol–water partition coefficient (Wildman–Crippen LogP) is 1.45. The number of anilines is 2. The molecule has 6 nitrogen and oxygen atoms in total. The molecule has 1 aromatic heterocycles. The number of hydrogen-bond donors (Lipinski definition) is 0. The molecule has 20 heavy (non-hydrogen) atoms. The smallest absolute Gasteiger partial charge is 0.140 e. The molecule has 0 radical (unpaired) electrons. The highest BCUT2D eigenvalue weighted by Gasteiger charge is 2.18. The van der Waals surface area contributed by atoms with Crippen molar-refractivity contribution in [2.45, 2.75) is 0 Å². The molecule has 0 unspecified atom stereocenters. The Kier molecular flexibility index (Phi) is 3.14. The lowest BCUT2D eigenvalue weighted by Crippen LogP contribution is -2.25. The summed E-state index contributed by atoms with van der Waals surface area (Å²) in [5.41, 5.74) is 0. The lowest BCUT2D eigenvalue weighted by molar-refractivity contribution is 0.414. The van der Waals surface area contributed by atoms with Crippen molar-refractivity contribution in [1.29, 1.82) is 0 Å². The Hall–Kier alpha value is -2.37. The minimum absolute atomic E-state index is 0.801. The summed E-state index contributed by atoms with van der Waals surface area (Å²) in [4.78, 5) is 13.1. The van der Waals surface area contributed by atoms with Crippen LogP contribution in [0.5, 0.6) is 5.75 Å². The maximum atomic E-state index is 5.40. The molecular formula is C14H19N5O. The van der Waals surface area contributed by atoms with Crippen LogP contribution < -0.4 is 14.5 Å². The van der Waals surface area contributed by atoms with E-state index in [2.05, 4.69) is 19.6 Å². The molecule has 2 aliphatic heterocycles. The topological polar surface area (TPSA) is 35.1 Å². The molecule has 0 N–H and O–H groups in total. The molecule has 0 atom stereocenters. The highest BCUT2D eigenvalue weighted by Crippen LogP contribution is 2.28. The van der Waals surface area contributed by atoms with Crippen LogP contribution in [-0.2, 0) is 0 Å². The molecule has 0 aromatic carbocycles. The van der Waals surface area contributed by atoms with Gasteiger partial charge in [0.25, 0.3) is 0 Å². The Labute approximate surface area is 119 Å². The minimum atomic E-state index is 0.801. The summed E-state index contributed by atoms with van der Waals surface area (Å²) in [6, 6.07) is 3.91. The zero-order valence-corrected chi connectivity index (χ0v) is 12.0. The van der Waals surface area contributed by atoms with Crippen LogP contribution in [0.1, 0.15) is 0 Å². The number of ether oxygens (including phenoxy) is 1. The van der Waals surface area contributed by atoms with E-state index in [1.54, 1.807) is 7.11 Å². The van der Waals surface area contributed by atoms with Crippen molar-refractivity contribution >= 4 is 11.6 Å². The highest BCUT2D eigenvalue weighted by atomic mass is 16.5. The van der Waals surface area contributed by atoms with E-state index in [0.29, 0.717) is 0 Å². The van der Waals surface area contributed by atoms with Crippen LogP contribution in [0.2, 0.25) is 0 Å². The number of methoxy groups -OCH3 is 1. The van der Waals surface area contributed by atoms with Gasteiger partial charge in [-0.2, -0.15) is 0 Å². The molecule has 106 valence electrons. The van der Waals surface area contributed by atoms with Crippen molar-refractivity contribution in [3.05, 3.63) is 36.9 Å². The van der Waals surface area contributed by atoms with E-state index >= 15 is 0 Å². The predicted molar refractivity (Wildman–Crippen MR) is 79.3 cm³/mol. The fourth-order valence-corrected chi connectivity index (χ4v) is 2.25. The SMILES string of the molecule is COc1cc(N2C=CN(C)C2)nc(N2C=CN(C)C2)c1. The van der Waals surface area contributed by atoms with Crippen molar-refractivity contribution in [2.24, 2.45) is 0 Å². The van der Waals surface area contributed by atoms with E-state index in [1.165, 1.54) is 0 Å². The second-order valence-electron chi connectivity index (χ2n) is 5.06. The first-order chi connectivity index (χ1) is 9.65. The van der Waals surface area contributed by atoms with Gasteiger partial charge in [-0.15, -0.1) is 0 Å². The molecular weight excluding hydrogens is 254 g/mol. The molecule has 0 aliphatic carbocycles. The van der Waals surface area contributed by atoms with Crippen molar-refractivity contribution < 1.29 is 4.74 Å². The zero-order chi connectivity index (χ0) is 14.1. The van der Waals surface area contributed by atoms with Crippen LogP contribution in [0.25, 0.3) is 0 Å². The monoisotopic (exact) mass is 273 g/mol. The lowest BCUT2D eigenvalue weighted by atomic mass is 10.3. The maximum Gasteiger partial charge on any atom is 0.140 e. The van der Waals surface area contributed by atoms with Gasteiger partial charge in [0.05, 0.1) is 20.4 Å². The number of nitrogens with zero attached hydrogens (tertiary/aromatic N) is 5. The van der Waals surface area contributed by atoms with Crippen molar-refractivity contribution in [1.82, 2.24) is 14.8 Å². The van der Waals surface area contributed by atoms with E-state index in [-0.39, 0.29) is 0 Å². The van der Waals surface area contributed by atoms with Crippen LogP contribution in [0, 0.1) is 0 Å². The Balaban J connectivity index is 1.91. The van der Waals surface area contributed by atoms with E-state index < -0.39 is 0 Å². The van der Waals surface area contributed by atoms with Gasteiger partial charge in [0.2, 0.25) is 0 Å². The number of aromatic nitrogens is 1. The third-order valence-electron chi connectivity index (χ3n) is 3.35. The third-order valence-corrected chi connectivity index (χ3v) is 3.35. The molecule has 6 heteroatoms. The molecule has 3 rings (SSSR count). The molecule has 0 bridgehead atoms. The second kappa shape index (κ2) is 4.96.